The molecule has 28 heavy (non-hydrogen) atoms. The van der Waals surface area contributed by atoms with E-state index in [1.165, 1.54) is 18.3 Å². The average molecular weight is 383 g/mol. The lowest BCUT2D eigenvalue weighted by atomic mass is 9.95. The zero-order valence-corrected chi connectivity index (χ0v) is 15.4. The highest BCUT2D eigenvalue weighted by atomic mass is 16.5. The first-order chi connectivity index (χ1) is 13.5. The quantitative estimate of drug-likeness (QED) is 0.820. The van der Waals surface area contributed by atoms with Crippen LogP contribution in [-0.2, 0) is 4.79 Å². The molecule has 2 aromatic rings. The minimum Gasteiger partial charge on any atom is -0.495 e. The van der Waals surface area contributed by atoms with E-state index < -0.39 is 5.97 Å². The molecule has 2 heterocycles. The van der Waals surface area contributed by atoms with Gasteiger partial charge in [-0.05, 0) is 37.1 Å². The first-order valence-electron chi connectivity index (χ1n) is 8.92. The minimum absolute atomic E-state index is 0.0934. The van der Waals surface area contributed by atoms with Gasteiger partial charge in [0.25, 0.3) is 5.91 Å². The summed E-state index contributed by atoms with van der Waals surface area (Å²) in [7, 11) is 1.55. The summed E-state index contributed by atoms with van der Waals surface area (Å²) < 4.78 is 5.24. The van der Waals surface area contributed by atoms with Gasteiger partial charge in [-0.25, -0.2) is 9.78 Å². The highest BCUT2D eigenvalue weighted by molar-refractivity contribution is 5.96. The smallest absolute Gasteiger partial charge is 0.354 e. The molecule has 2 amide bonds. The van der Waals surface area contributed by atoms with Crippen molar-refractivity contribution in [2.75, 3.05) is 25.5 Å². The maximum absolute atomic E-state index is 12.6. The molecule has 0 saturated carbocycles. The zero-order valence-electron chi connectivity index (χ0n) is 15.4. The standard InChI is InChI=1S/C20H21N3O5/c1-28-17-5-3-2-4-15(17)22-18(24)13-8-10-23(11-9-13)19(25)14-6-7-16(20(26)27)21-12-14/h2-7,12-13H,8-11H2,1H3,(H,22,24)(H,26,27). The Morgan fingerprint density at radius 3 is 2.46 bits per heavy atom. The molecule has 1 fully saturated rings. The lowest BCUT2D eigenvalue weighted by Crippen LogP contribution is -2.41. The first kappa shape index (κ1) is 19.3. The molecule has 0 atom stereocenters. The average Bonchev–Trinajstić information content (AvgIpc) is 2.73. The van der Waals surface area contributed by atoms with Gasteiger partial charge >= 0.3 is 5.97 Å². The van der Waals surface area contributed by atoms with Crippen molar-refractivity contribution < 1.29 is 24.2 Å². The molecule has 3 rings (SSSR count). The molecule has 0 aliphatic carbocycles. The van der Waals surface area contributed by atoms with Crippen LogP contribution in [0.15, 0.2) is 42.6 Å². The molecular weight excluding hydrogens is 362 g/mol. The third-order valence-electron chi connectivity index (χ3n) is 4.75. The highest BCUT2D eigenvalue weighted by Crippen LogP contribution is 2.26. The molecule has 0 unspecified atom stereocenters. The van der Waals surface area contributed by atoms with Crippen LogP contribution in [0.3, 0.4) is 0 Å². The Hall–Kier alpha value is -3.42. The van der Waals surface area contributed by atoms with Crippen molar-refractivity contribution in [2.45, 2.75) is 12.8 Å². The molecule has 8 heteroatoms. The molecular formula is C20H21N3O5. The molecule has 1 aromatic carbocycles. The summed E-state index contributed by atoms with van der Waals surface area (Å²) in [5.74, 6) is -1.04. The SMILES string of the molecule is COc1ccccc1NC(=O)C1CCN(C(=O)c2ccc(C(=O)O)nc2)CC1. The van der Waals surface area contributed by atoms with Gasteiger partial charge in [-0.3, -0.25) is 9.59 Å². The number of carboxylic acids is 1. The van der Waals surface area contributed by atoms with E-state index in [2.05, 4.69) is 10.3 Å². The Morgan fingerprint density at radius 1 is 1.14 bits per heavy atom. The number of ether oxygens (including phenoxy) is 1. The number of likely N-dealkylation sites (tertiary alicyclic amines) is 1. The van der Waals surface area contributed by atoms with Crippen molar-refractivity contribution in [3.05, 3.63) is 53.9 Å². The number of piperidine rings is 1. The summed E-state index contributed by atoms with van der Waals surface area (Å²) in [5.41, 5.74) is 0.850. The summed E-state index contributed by atoms with van der Waals surface area (Å²) in [5, 5.41) is 11.8. The molecule has 0 radical (unpaired) electrons. The van der Waals surface area contributed by atoms with Gasteiger partial charge < -0.3 is 20.1 Å². The van der Waals surface area contributed by atoms with E-state index in [4.69, 9.17) is 9.84 Å². The van der Waals surface area contributed by atoms with Crippen molar-refractivity contribution >= 4 is 23.5 Å². The van der Waals surface area contributed by atoms with Crippen molar-refractivity contribution in [3.63, 3.8) is 0 Å². The van der Waals surface area contributed by atoms with Crippen LogP contribution in [0.5, 0.6) is 5.75 Å². The molecule has 1 aliphatic heterocycles. The van der Waals surface area contributed by atoms with Crippen LogP contribution in [0.1, 0.15) is 33.7 Å². The predicted octanol–water partition coefficient (Wildman–Crippen LogP) is 2.28. The van der Waals surface area contributed by atoms with Crippen molar-refractivity contribution in [2.24, 2.45) is 5.92 Å². The third kappa shape index (κ3) is 4.28. The van der Waals surface area contributed by atoms with Crippen LogP contribution in [0, 0.1) is 5.92 Å². The first-order valence-corrected chi connectivity index (χ1v) is 8.92. The Balaban J connectivity index is 1.57. The Morgan fingerprint density at radius 2 is 1.86 bits per heavy atom. The van der Waals surface area contributed by atoms with Gasteiger partial charge in [0.15, 0.2) is 0 Å². The lowest BCUT2D eigenvalue weighted by molar-refractivity contribution is -0.121. The number of rotatable bonds is 5. The fourth-order valence-electron chi connectivity index (χ4n) is 3.16. The lowest BCUT2D eigenvalue weighted by Gasteiger charge is -2.31. The van der Waals surface area contributed by atoms with Crippen LogP contribution >= 0.6 is 0 Å². The number of pyridine rings is 1. The van der Waals surface area contributed by atoms with Gasteiger partial charge in [-0.15, -0.1) is 0 Å². The number of nitrogens with one attached hydrogen (secondary N) is 1. The van der Waals surface area contributed by atoms with Crippen LogP contribution in [0.25, 0.3) is 0 Å². The van der Waals surface area contributed by atoms with E-state index in [0.717, 1.165) is 0 Å². The maximum Gasteiger partial charge on any atom is 0.354 e. The molecule has 146 valence electrons. The third-order valence-corrected chi connectivity index (χ3v) is 4.75. The summed E-state index contributed by atoms with van der Waals surface area (Å²) in [6, 6.07) is 9.98. The second-order valence-corrected chi connectivity index (χ2v) is 6.49. The molecule has 0 bridgehead atoms. The zero-order chi connectivity index (χ0) is 20.1. The molecule has 1 aliphatic rings. The van der Waals surface area contributed by atoms with E-state index in [1.54, 1.807) is 24.1 Å². The molecule has 1 saturated heterocycles. The van der Waals surface area contributed by atoms with E-state index in [1.807, 2.05) is 12.1 Å². The molecule has 8 nitrogen and oxygen atoms in total. The van der Waals surface area contributed by atoms with Gasteiger partial charge in [0.1, 0.15) is 11.4 Å². The topological polar surface area (TPSA) is 109 Å². The maximum atomic E-state index is 12.6. The fraction of sp³-hybridized carbons (Fsp3) is 0.300. The van der Waals surface area contributed by atoms with Crippen molar-refractivity contribution in [1.29, 1.82) is 0 Å². The summed E-state index contributed by atoms with van der Waals surface area (Å²) >= 11 is 0. The molecule has 1 aromatic heterocycles. The second-order valence-electron chi connectivity index (χ2n) is 6.49. The van der Waals surface area contributed by atoms with Crippen LogP contribution in [0.4, 0.5) is 5.69 Å². The van der Waals surface area contributed by atoms with Crippen molar-refractivity contribution in [1.82, 2.24) is 9.88 Å². The van der Waals surface area contributed by atoms with Gasteiger partial charge in [-0.1, -0.05) is 12.1 Å². The van der Waals surface area contributed by atoms with Crippen LogP contribution in [0.2, 0.25) is 0 Å². The number of aromatic carboxylic acids is 1. The number of nitrogens with zero attached hydrogens (tertiary/aromatic N) is 2. The van der Waals surface area contributed by atoms with E-state index in [-0.39, 0.29) is 23.4 Å². The fourth-order valence-corrected chi connectivity index (χ4v) is 3.16. The number of carbonyl (C=O) groups excluding carboxylic acids is 2. The number of hydrogen-bond acceptors (Lipinski definition) is 5. The number of carbonyl (C=O) groups is 3. The number of carboxylic acid groups (broad SMARTS) is 1. The number of aromatic nitrogens is 1. The minimum atomic E-state index is -1.14. The Kier molecular flexibility index (Phi) is 5.88. The largest absolute Gasteiger partial charge is 0.495 e. The second kappa shape index (κ2) is 8.51. The summed E-state index contributed by atoms with van der Waals surface area (Å²) in [6.45, 7) is 0.896. The van der Waals surface area contributed by atoms with E-state index >= 15 is 0 Å². The van der Waals surface area contributed by atoms with E-state index in [0.29, 0.717) is 42.9 Å². The summed E-state index contributed by atoms with van der Waals surface area (Å²) in [6.07, 6.45) is 2.37. The van der Waals surface area contributed by atoms with Gasteiger partial charge in [0, 0.05) is 25.2 Å². The number of benzene rings is 1. The van der Waals surface area contributed by atoms with Crippen molar-refractivity contribution in [3.8, 4) is 5.75 Å². The van der Waals surface area contributed by atoms with Gasteiger partial charge in [0.05, 0.1) is 18.4 Å². The monoisotopic (exact) mass is 383 g/mol. The van der Waals surface area contributed by atoms with E-state index in [9.17, 15) is 14.4 Å². The number of hydrogen-bond donors (Lipinski definition) is 2. The predicted molar refractivity (Wildman–Crippen MR) is 101 cm³/mol. The number of amides is 2. The number of para-hydroxylation sites is 2. The Bertz CT molecular complexity index is 874. The molecule has 0 spiro atoms. The molecule has 2 N–H and O–H groups in total. The van der Waals surface area contributed by atoms with Crippen LogP contribution < -0.4 is 10.1 Å². The summed E-state index contributed by atoms with van der Waals surface area (Å²) in [4.78, 5) is 41.4. The number of anilines is 1. The van der Waals surface area contributed by atoms with Gasteiger partial charge in [-0.2, -0.15) is 0 Å². The Labute approximate surface area is 162 Å². The van der Waals surface area contributed by atoms with Gasteiger partial charge in [0.2, 0.25) is 5.91 Å². The number of methoxy groups -OCH3 is 1. The normalized spacial score (nSPS) is 14.4. The van der Waals surface area contributed by atoms with Crippen LogP contribution in [-0.4, -0.2) is 53.0 Å². The highest BCUT2D eigenvalue weighted by Gasteiger charge is 2.28.